The van der Waals surface area contributed by atoms with Crippen molar-refractivity contribution in [1.29, 1.82) is 0 Å². The van der Waals surface area contributed by atoms with Gasteiger partial charge in [0.1, 0.15) is 17.4 Å². The van der Waals surface area contributed by atoms with E-state index in [0.29, 0.717) is 22.0 Å². The third-order valence-electron chi connectivity index (χ3n) is 5.41. The van der Waals surface area contributed by atoms with Gasteiger partial charge in [0.05, 0.1) is 9.80 Å². The molecule has 5 aromatic rings. The molecule has 0 fully saturated rings. The van der Waals surface area contributed by atoms with Crippen LogP contribution in [-0.2, 0) is 0 Å². The van der Waals surface area contributed by atoms with E-state index >= 15 is 0 Å². The molecule has 0 aliphatic carbocycles. The lowest BCUT2D eigenvalue weighted by Gasteiger charge is -2.10. The molecule has 0 atom stereocenters. The quantitative estimate of drug-likeness (QED) is 0.201. The molecule has 0 unspecified atom stereocenters. The standard InChI is InChI=1S/C26H19FN4O3S/c1-15-13-18(27)6-10-21(15)26-25(22-11-7-19(31(32)33)14-23(22)35-26)34-20-8-3-17(4-9-20)5-12-24-28-16(2)29-30-24/h3-14H,1-2H3,(H,28,29,30)/b12-5+. The number of fused-ring (bicyclic) bond motifs is 1. The summed E-state index contributed by atoms with van der Waals surface area (Å²) in [5.41, 5.74) is 2.51. The number of hydrogen-bond acceptors (Lipinski definition) is 6. The number of ether oxygens (including phenoxy) is 1. The van der Waals surface area contributed by atoms with Crippen molar-refractivity contribution in [3.63, 3.8) is 0 Å². The number of aromatic amines is 1. The lowest BCUT2D eigenvalue weighted by Crippen LogP contribution is -1.89. The van der Waals surface area contributed by atoms with Crippen LogP contribution < -0.4 is 4.74 Å². The van der Waals surface area contributed by atoms with E-state index in [9.17, 15) is 14.5 Å². The summed E-state index contributed by atoms with van der Waals surface area (Å²) in [4.78, 5) is 15.9. The highest BCUT2D eigenvalue weighted by Crippen LogP contribution is 2.48. The van der Waals surface area contributed by atoms with Crippen LogP contribution in [0.1, 0.15) is 22.8 Å². The third kappa shape index (κ3) is 4.67. The highest BCUT2D eigenvalue weighted by atomic mass is 32.1. The van der Waals surface area contributed by atoms with Crippen molar-refractivity contribution < 1.29 is 14.1 Å². The zero-order valence-electron chi connectivity index (χ0n) is 18.8. The summed E-state index contributed by atoms with van der Waals surface area (Å²) in [6.07, 6.45) is 3.72. The Bertz CT molecular complexity index is 1590. The van der Waals surface area contributed by atoms with Gasteiger partial charge >= 0.3 is 0 Å². The van der Waals surface area contributed by atoms with Crippen LogP contribution in [0.4, 0.5) is 10.1 Å². The lowest BCUT2D eigenvalue weighted by molar-refractivity contribution is -0.384. The summed E-state index contributed by atoms with van der Waals surface area (Å²) < 4.78 is 20.8. The van der Waals surface area contributed by atoms with E-state index in [1.165, 1.54) is 35.6 Å². The molecule has 2 aromatic heterocycles. The van der Waals surface area contributed by atoms with Gasteiger partial charge in [-0.1, -0.05) is 24.3 Å². The predicted molar refractivity (Wildman–Crippen MR) is 135 cm³/mol. The van der Waals surface area contributed by atoms with Crippen LogP contribution in [0.25, 0.3) is 32.7 Å². The number of aromatic nitrogens is 3. The van der Waals surface area contributed by atoms with Crippen LogP contribution in [0.3, 0.4) is 0 Å². The molecule has 0 bridgehead atoms. The van der Waals surface area contributed by atoms with E-state index in [-0.39, 0.29) is 11.5 Å². The Hall–Kier alpha value is -4.37. The summed E-state index contributed by atoms with van der Waals surface area (Å²) in [7, 11) is 0. The average molecular weight is 487 g/mol. The monoisotopic (exact) mass is 486 g/mol. The van der Waals surface area contributed by atoms with Gasteiger partial charge in [0.2, 0.25) is 0 Å². The molecular weight excluding hydrogens is 467 g/mol. The van der Waals surface area contributed by atoms with Gasteiger partial charge in [-0.2, -0.15) is 5.10 Å². The molecule has 0 saturated heterocycles. The molecule has 0 saturated carbocycles. The maximum atomic E-state index is 13.7. The number of aryl methyl sites for hydroxylation is 2. The Balaban J connectivity index is 1.52. The van der Waals surface area contributed by atoms with Gasteiger partial charge in [0, 0.05) is 22.2 Å². The summed E-state index contributed by atoms with van der Waals surface area (Å²) in [5, 5.41) is 18.9. The average Bonchev–Trinajstić information content (AvgIpc) is 3.41. The second kappa shape index (κ2) is 9.11. The predicted octanol–water partition coefficient (Wildman–Crippen LogP) is 7.31. The Morgan fingerprint density at radius 1 is 1.06 bits per heavy atom. The van der Waals surface area contributed by atoms with Gasteiger partial charge in [-0.15, -0.1) is 11.3 Å². The van der Waals surface area contributed by atoms with Gasteiger partial charge in [-0.3, -0.25) is 15.2 Å². The Labute approximate surface area is 203 Å². The number of hydrogen-bond donors (Lipinski definition) is 1. The minimum atomic E-state index is -0.422. The van der Waals surface area contributed by atoms with E-state index in [1.807, 2.05) is 50.3 Å². The molecular formula is C26H19FN4O3S. The number of thiophene rings is 1. The molecule has 0 spiro atoms. The number of rotatable bonds is 6. The van der Waals surface area contributed by atoms with Crippen LogP contribution in [0.2, 0.25) is 0 Å². The first-order chi connectivity index (χ1) is 16.9. The van der Waals surface area contributed by atoms with E-state index in [2.05, 4.69) is 15.2 Å². The first-order valence-electron chi connectivity index (χ1n) is 10.7. The largest absolute Gasteiger partial charge is 0.455 e. The molecule has 5 rings (SSSR count). The number of nitrogens with one attached hydrogen (secondary N) is 1. The smallest absolute Gasteiger partial charge is 0.270 e. The molecule has 2 heterocycles. The fourth-order valence-corrected chi connectivity index (χ4v) is 4.96. The molecule has 0 amide bonds. The zero-order chi connectivity index (χ0) is 24.5. The van der Waals surface area contributed by atoms with Crippen molar-refractivity contribution in [2.75, 3.05) is 0 Å². The third-order valence-corrected chi connectivity index (χ3v) is 6.58. The molecule has 0 radical (unpaired) electrons. The first-order valence-corrected chi connectivity index (χ1v) is 11.5. The van der Waals surface area contributed by atoms with Crippen LogP contribution in [0.5, 0.6) is 11.5 Å². The van der Waals surface area contributed by atoms with Gasteiger partial charge in [0.25, 0.3) is 5.69 Å². The molecule has 0 aliphatic rings. The van der Waals surface area contributed by atoms with Crippen molar-refractivity contribution in [3.8, 4) is 21.9 Å². The van der Waals surface area contributed by atoms with Crippen LogP contribution in [0, 0.1) is 29.8 Å². The van der Waals surface area contributed by atoms with Crippen LogP contribution >= 0.6 is 11.3 Å². The zero-order valence-corrected chi connectivity index (χ0v) is 19.6. The normalized spacial score (nSPS) is 11.4. The summed E-state index contributed by atoms with van der Waals surface area (Å²) in [5.74, 6) is 2.20. The second-order valence-electron chi connectivity index (χ2n) is 7.94. The summed E-state index contributed by atoms with van der Waals surface area (Å²) in [6.45, 7) is 3.66. The maximum absolute atomic E-state index is 13.7. The summed E-state index contributed by atoms with van der Waals surface area (Å²) >= 11 is 1.38. The number of benzene rings is 3. The SMILES string of the molecule is Cc1nc(/C=C/c2ccc(Oc3c(-c4ccc(F)cc4C)sc4cc([N+](=O)[O-])ccc34)cc2)n[nH]1. The van der Waals surface area contributed by atoms with Gasteiger partial charge < -0.3 is 4.74 Å². The maximum Gasteiger partial charge on any atom is 0.270 e. The number of nitro benzene ring substituents is 1. The molecule has 7 nitrogen and oxygen atoms in total. The van der Waals surface area contributed by atoms with Crippen molar-refractivity contribution in [3.05, 3.63) is 99.4 Å². The molecule has 174 valence electrons. The topological polar surface area (TPSA) is 93.9 Å². The van der Waals surface area contributed by atoms with Gasteiger partial charge in [0.15, 0.2) is 11.6 Å². The number of non-ortho nitro benzene ring substituents is 1. The van der Waals surface area contributed by atoms with E-state index in [1.54, 1.807) is 12.1 Å². The van der Waals surface area contributed by atoms with Crippen molar-refractivity contribution in [1.82, 2.24) is 15.2 Å². The van der Waals surface area contributed by atoms with Crippen molar-refractivity contribution in [2.24, 2.45) is 0 Å². The Morgan fingerprint density at radius 3 is 2.54 bits per heavy atom. The minimum Gasteiger partial charge on any atom is -0.455 e. The van der Waals surface area contributed by atoms with E-state index in [0.717, 1.165) is 32.8 Å². The Morgan fingerprint density at radius 2 is 1.86 bits per heavy atom. The highest BCUT2D eigenvalue weighted by molar-refractivity contribution is 7.22. The van der Waals surface area contributed by atoms with Gasteiger partial charge in [-0.05, 0) is 66.9 Å². The number of nitro groups is 1. The Kier molecular flexibility index (Phi) is 5.84. The van der Waals surface area contributed by atoms with E-state index in [4.69, 9.17) is 4.74 Å². The molecule has 35 heavy (non-hydrogen) atoms. The molecule has 0 aliphatic heterocycles. The highest BCUT2D eigenvalue weighted by Gasteiger charge is 2.20. The fourth-order valence-electron chi connectivity index (χ4n) is 3.71. The van der Waals surface area contributed by atoms with Crippen molar-refractivity contribution >= 4 is 39.3 Å². The molecule has 1 N–H and O–H groups in total. The number of halogens is 1. The summed E-state index contributed by atoms with van der Waals surface area (Å²) in [6, 6.07) is 16.8. The molecule has 9 heteroatoms. The van der Waals surface area contributed by atoms with Gasteiger partial charge in [-0.25, -0.2) is 9.37 Å². The first kappa shape index (κ1) is 22.4. The van der Waals surface area contributed by atoms with Crippen molar-refractivity contribution in [2.45, 2.75) is 13.8 Å². The van der Waals surface area contributed by atoms with Crippen LogP contribution in [0.15, 0.2) is 60.7 Å². The van der Waals surface area contributed by atoms with E-state index < -0.39 is 4.92 Å². The minimum absolute atomic E-state index is 0.00501. The number of H-pyrrole nitrogens is 1. The fraction of sp³-hybridized carbons (Fsp3) is 0.0769. The molecule has 3 aromatic carbocycles. The number of nitrogens with zero attached hydrogens (tertiary/aromatic N) is 3. The second-order valence-corrected chi connectivity index (χ2v) is 8.99. The lowest BCUT2D eigenvalue weighted by atomic mass is 10.1. The van der Waals surface area contributed by atoms with Crippen LogP contribution in [-0.4, -0.2) is 20.1 Å².